The first-order valence-corrected chi connectivity index (χ1v) is 10.5. The molecular weight excluding hydrogens is 454 g/mol. The van der Waals surface area contributed by atoms with Gasteiger partial charge in [0.1, 0.15) is 6.54 Å². The molecule has 2 aromatic carbocycles. The highest BCUT2D eigenvalue weighted by atomic mass is 16.5. The summed E-state index contributed by atoms with van der Waals surface area (Å²) in [6.07, 6.45) is 1.27. The zero-order valence-electron chi connectivity index (χ0n) is 18.9. The van der Waals surface area contributed by atoms with E-state index in [4.69, 9.17) is 4.74 Å². The fraction of sp³-hybridized carbons (Fsp3) is 0.174. The predicted octanol–water partition coefficient (Wildman–Crippen LogP) is 2.03. The molecule has 178 valence electrons. The first kappa shape index (κ1) is 23.3. The summed E-state index contributed by atoms with van der Waals surface area (Å²) in [7, 11) is 2.81. The van der Waals surface area contributed by atoms with Gasteiger partial charge >= 0.3 is 11.7 Å². The fourth-order valence-electron chi connectivity index (χ4n) is 3.27. The SMILES string of the molecule is Cn1c(=O)c2c(ncn2CC(=O)OCC(=O)Nc2ccc(N=Nc3ccccc3)cc2)n(C)c1=O. The average Bonchev–Trinajstić information content (AvgIpc) is 3.28. The maximum Gasteiger partial charge on any atom is 0.332 e. The van der Waals surface area contributed by atoms with Crippen LogP contribution in [0.15, 0.2) is 80.7 Å². The van der Waals surface area contributed by atoms with Crippen molar-refractivity contribution in [2.24, 2.45) is 24.3 Å². The van der Waals surface area contributed by atoms with Crippen molar-refractivity contribution in [2.75, 3.05) is 11.9 Å². The molecule has 0 aliphatic rings. The number of nitrogens with zero attached hydrogens (tertiary/aromatic N) is 6. The van der Waals surface area contributed by atoms with Crippen LogP contribution >= 0.6 is 0 Å². The molecule has 4 rings (SSSR count). The number of ether oxygens (including phenoxy) is 1. The molecule has 35 heavy (non-hydrogen) atoms. The highest BCUT2D eigenvalue weighted by Gasteiger charge is 2.17. The fourth-order valence-corrected chi connectivity index (χ4v) is 3.27. The lowest BCUT2D eigenvalue weighted by Gasteiger charge is -2.08. The summed E-state index contributed by atoms with van der Waals surface area (Å²) in [5.74, 6) is -1.28. The van der Waals surface area contributed by atoms with Crippen LogP contribution in [-0.4, -0.2) is 37.2 Å². The Hall–Kier alpha value is -4.87. The van der Waals surface area contributed by atoms with Crippen LogP contribution in [0.4, 0.5) is 17.1 Å². The monoisotopic (exact) mass is 475 g/mol. The van der Waals surface area contributed by atoms with Crippen LogP contribution in [0.25, 0.3) is 11.2 Å². The number of amides is 1. The number of carbonyl (C=O) groups is 2. The number of aryl methyl sites for hydroxylation is 1. The van der Waals surface area contributed by atoms with Gasteiger partial charge in [-0.1, -0.05) is 18.2 Å². The van der Waals surface area contributed by atoms with Gasteiger partial charge in [-0.3, -0.25) is 23.5 Å². The standard InChI is InChI=1S/C23H21N7O5/c1-28-21-20(22(33)29(2)23(28)34)30(14-24-21)12-19(32)35-13-18(31)25-15-8-10-17(11-9-15)27-26-16-6-4-3-5-7-16/h3-11,14H,12-13H2,1-2H3,(H,25,31). The van der Waals surface area contributed by atoms with Crippen molar-refractivity contribution in [3.05, 3.63) is 81.8 Å². The number of aromatic nitrogens is 4. The topological polar surface area (TPSA) is 142 Å². The summed E-state index contributed by atoms with van der Waals surface area (Å²) >= 11 is 0. The minimum absolute atomic E-state index is 0.0838. The van der Waals surface area contributed by atoms with Gasteiger partial charge in [0.05, 0.1) is 17.7 Å². The number of nitrogens with one attached hydrogen (secondary N) is 1. The van der Waals surface area contributed by atoms with Crippen molar-refractivity contribution in [3.8, 4) is 0 Å². The summed E-state index contributed by atoms with van der Waals surface area (Å²) in [5.41, 5.74) is 0.942. The molecule has 2 heterocycles. The summed E-state index contributed by atoms with van der Waals surface area (Å²) in [4.78, 5) is 52.9. The maximum atomic E-state index is 12.4. The molecule has 1 N–H and O–H groups in total. The molecule has 0 bridgehead atoms. The van der Waals surface area contributed by atoms with Crippen LogP contribution in [0.5, 0.6) is 0 Å². The van der Waals surface area contributed by atoms with Gasteiger partial charge in [-0.15, -0.1) is 0 Å². The Morgan fingerprint density at radius 1 is 0.943 bits per heavy atom. The Balaban J connectivity index is 1.32. The van der Waals surface area contributed by atoms with E-state index < -0.39 is 29.7 Å². The minimum atomic E-state index is -0.743. The quantitative estimate of drug-likeness (QED) is 0.320. The molecule has 12 nitrogen and oxygen atoms in total. The van der Waals surface area contributed by atoms with Crippen LogP contribution in [0.1, 0.15) is 0 Å². The summed E-state index contributed by atoms with van der Waals surface area (Å²) in [5, 5.41) is 10.9. The van der Waals surface area contributed by atoms with Gasteiger partial charge in [-0.05, 0) is 36.4 Å². The van der Waals surface area contributed by atoms with Gasteiger partial charge in [-0.2, -0.15) is 10.2 Å². The van der Waals surface area contributed by atoms with Crippen LogP contribution in [0, 0.1) is 0 Å². The number of fused-ring (bicyclic) bond motifs is 1. The molecule has 12 heteroatoms. The van der Waals surface area contributed by atoms with Gasteiger partial charge in [-0.25, -0.2) is 9.78 Å². The Morgan fingerprint density at radius 3 is 2.29 bits per heavy atom. The van der Waals surface area contributed by atoms with Gasteiger partial charge in [0.15, 0.2) is 17.8 Å². The number of hydrogen-bond donors (Lipinski definition) is 1. The zero-order chi connectivity index (χ0) is 24.9. The van der Waals surface area contributed by atoms with Crippen LogP contribution in [0.3, 0.4) is 0 Å². The second kappa shape index (κ2) is 9.95. The lowest BCUT2D eigenvalue weighted by atomic mass is 10.3. The number of rotatable bonds is 7. The molecular formula is C23H21N7O5. The molecule has 0 atom stereocenters. The van der Waals surface area contributed by atoms with Gasteiger partial charge < -0.3 is 14.6 Å². The van der Waals surface area contributed by atoms with Crippen molar-refractivity contribution < 1.29 is 14.3 Å². The van der Waals surface area contributed by atoms with Gasteiger partial charge in [0, 0.05) is 19.8 Å². The number of anilines is 1. The van der Waals surface area contributed by atoms with E-state index >= 15 is 0 Å². The molecule has 1 amide bonds. The van der Waals surface area contributed by atoms with Crippen molar-refractivity contribution in [1.29, 1.82) is 0 Å². The Morgan fingerprint density at radius 2 is 1.60 bits per heavy atom. The lowest BCUT2D eigenvalue weighted by Crippen LogP contribution is -2.37. The number of esters is 1. The molecule has 4 aromatic rings. The average molecular weight is 475 g/mol. The highest BCUT2D eigenvalue weighted by molar-refractivity contribution is 5.93. The van der Waals surface area contributed by atoms with E-state index in [9.17, 15) is 19.2 Å². The van der Waals surface area contributed by atoms with Crippen LogP contribution in [0.2, 0.25) is 0 Å². The van der Waals surface area contributed by atoms with E-state index in [1.165, 1.54) is 29.6 Å². The molecule has 0 aliphatic heterocycles. The lowest BCUT2D eigenvalue weighted by molar-refractivity contribution is -0.147. The predicted molar refractivity (Wildman–Crippen MR) is 127 cm³/mol. The Bertz CT molecular complexity index is 1530. The van der Waals surface area contributed by atoms with Crippen molar-refractivity contribution in [3.63, 3.8) is 0 Å². The van der Waals surface area contributed by atoms with E-state index in [0.29, 0.717) is 11.4 Å². The molecule has 0 saturated carbocycles. The molecule has 0 fully saturated rings. The van der Waals surface area contributed by atoms with Crippen molar-refractivity contribution >= 4 is 40.1 Å². The molecule has 0 spiro atoms. The van der Waals surface area contributed by atoms with E-state index in [1.54, 1.807) is 24.3 Å². The molecule has 0 unspecified atom stereocenters. The van der Waals surface area contributed by atoms with Gasteiger partial charge in [0.2, 0.25) is 0 Å². The molecule has 0 saturated heterocycles. The first-order chi connectivity index (χ1) is 16.8. The Labute approximate surface area is 198 Å². The normalized spacial score (nSPS) is 11.1. The second-order valence-electron chi connectivity index (χ2n) is 7.54. The third-order valence-corrected chi connectivity index (χ3v) is 5.07. The van der Waals surface area contributed by atoms with Gasteiger partial charge in [0.25, 0.3) is 11.5 Å². The van der Waals surface area contributed by atoms with Crippen molar-refractivity contribution in [2.45, 2.75) is 6.54 Å². The van der Waals surface area contributed by atoms with Crippen LogP contribution < -0.4 is 16.6 Å². The number of imidazole rings is 1. The summed E-state index contributed by atoms with van der Waals surface area (Å²) in [6, 6.07) is 15.9. The Kier molecular flexibility index (Phi) is 6.62. The largest absolute Gasteiger partial charge is 0.454 e. The third-order valence-electron chi connectivity index (χ3n) is 5.07. The summed E-state index contributed by atoms with van der Waals surface area (Å²) < 4.78 is 8.43. The highest BCUT2D eigenvalue weighted by Crippen LogP contribution is 2.20. The van der Waals surface area contributed by atoms with E-state index in [1.807, 2.05) is 30.3 Å². The molecule has 0 radical (unpaired) electrons. The second-order valence-corrected chi connectivity index (χ2v) is 7.54. The maximum absolute atomic E-state index is 12.4. The number of carbonyl (C=O) groups excluding carboxylic acids is 2. The number of benzene rings is 2. The zero-order valence-corrected chi connectivity index (χ0v) is 18.9. The minimum Gasteiger partial charge on any atom is -0.454 e. The number of hydrogen-bond acceptors (Lipinski definition) is 8. The summed E-state index contributed by atoms with van der Waals surface area (Å²) in [6.45, 7) is -0.865. The van der Waals surface area contributed by atoms with E-state index in [2.05, 4.69) is 20.5 Å². The third kappa shape index (κ3) is 5.21. The first-order valence-electron chi connectivity index (χ1n) is 10.5. The van der Waals surface area contributed by atoms with Crippen LogP contribution in [-0.2, 0) is 35.0 Å². The van der Waals surface area contributed by atoms with Crippen molar-refractivity contribution in [1.82, 2.24) is 18.7 Å². The van der Waals surface area contributed by atoms with E-state index in [0.717, 1.165) is 10.3 Å². The molecule has 0 aliphatic carbocycles. The van der Waals surface area contributed by atoms with E-state index in [-0.39, 0.29) is 17.7 Å². The molecule has 2 aromatic heterocycles. The smallest absolute Gasteiger partial charge is 0.332 e. The number of azo groups is 1.